The molecule has 1 saturated heterocycles. The molecule has 1 aliphatic heterocycles. The molecular weight excluding hydrogens is 390 g/mol. The van der Waals surface area contributed by atoms with Crippen molar-refractivity contribution < 1.29 is 19.4 Å². The van der Waals surface area contributed by atoms with Crippen LogP contribution in [0, 0.1) is 10.1 Å². The number of hydrogen-bond acceptors (Lipinski definition) is 5. The molecule has 0 bridgehead atoms. The van der Waals surface area contributed by atoms with E-state index in [1.54, 1.807) is 11.3 Å². The summed E-state index contributed by atoms with van der Waals surface area (Å²) in [6, 6.07) is 8.15. The Morgan fingerprint density at radius 3 is 2.96 bits per heavy atom. The number of nitrogens with zero attached hydrogens (tertiary/aromatic N) is 1. The lowest BCUT2D eigenvalue weighted by Crippen LogP contribution is -3.12. The molecule has 2 atom stereocenters. The summed E-state index contributed by atoms with van der Waals surface area (Å²) in [5, 5.41) is 16.2. The van der Waals surface area contributed by atoms with Gasteiger partial charge in [-0.2, -0.15) is 0 Å². The van der Waals surface area contributed by atoms with Gasteiger partial charge in [0.05, 0.1) is 9.80 Å². The highest BCUT2D eigenvalue weighted by atomic mass is 35.5. The maximum atomic E-state index is 12.6. The summed E-state index contributed by atoms with van der Waals surface area (Å²) < 4.78 is 5.71. The molecule has 2 aromatic rings. The van der Waals surface area contributed by atoms with Crippen molar-refractivity contribution in [2.75, 3.05) is 25.0 Å². The van der Waals surface area contributed by atoms with Gasteiger partial charge in [0.25, 0.3) is 11.6 Å². The fourth-order valence-corrected chi connectivity index (χ4v) is 4.13. The number of ether oxygens (including phenoxy) is 1. The van der Waals surface area contributed by atoms with Crippen LogP contribution in [0.25, 0.3) is 0 Å². The number of quaternary nitrogens is 1. The molecule has 0 aliphatic carbocycles. The SMILES string of the molecule is O=C(C[NH+](Cc1cccs1)C[C@H]1CCCO1)Nc1cc(Cl)ccc1[N+](=O)[O-]. The van der Waals surface area contributed by atoms with E-state index in [-0.39, 0.29) is 29.9 Å². The second-order valence-electron chi connectivity index (χ2n) is 6.49. The van der Waals surface area contributed by atoms with E-state index in [1.807, 2.05) is 17.5 Å². The van der Waals surface area contributed by atoms with Crippen LogP contribution >= 0.6 is 22.9 Å². The fraction of sp³-hybridized carbons (Fsp3) is 0.389. The minimum absolute atomic E-state index is 0.116. The number of carbonyl (C=O) groups excluding carboxylic acids is 1. The molecule has 1 aromatic heterocycles. The quantitative estimate of drug-likeness (QED) is 0.517. The first-order chi connectivity index (χ1) is 13.0. The number of nitro groups is 1. The first kappa shape index (κ1) is 19.8. The smallest absolute Gasteiger partial charge is 0.292 e. The standard InChI is InChI=1S/C18H20ClN3O4S/c19-13-5-6-17(22(24)25)16(9-13)20-18(23)12-21(10-14-3-1-7-26-14)11-15-4-2-8-27-15/h2,4-6,8-9,14H,1,3,7,10-12H2,(H,20,23)/p+1/t14-/m1/s1. The van der Waals surface area contributed by atoms with Crippen LogP contribution in [0.1, 0.15) is 17.7 Å². The molecule has 1 aromatic carbocycles. The first-order valence-corrected chi connectivity index (χ1v) is 9.98. The van der Waals surface area contributed by atoms with Crippen molar-refractivity contribution in [3.8, 4) is 0 Å². The Morgan fingerprint density at radius 1 is 1.44 bits per heavy atom. The van der Waals surface area contributed by atoms with Gasteiger partial charge < -0.3 is 15.0 Å². The lowest BCUT2D eigenvalue weighted by Gasteiger charge is -2.21. The van der Waals surface area contributed by atoms with Crippen molar-refractivity contribution in [3.63, 3.8) is 0 Å². The number of amides is 1. The molecule has 1 aliphatic rings. The molecule has 144 valence electrons. The van der Waals surface area contributed by atoms with E-state index in [1.165, 1.54) is 23.1 Å². The zero-order chi connectivity index (χ0) is 19.2. The zero-order valence-electron chi connectivity index (χ0n) is 14.7. The summed E-state index contributed by atoms with van der Waals surface area (Å²) in [5.41, 5.74) is -0.0585. The van der Waals surface area contributed by atoms with Crippen molar-refractivity contribution in [2.24, 2.45) is 0 Å². The molecule has 0 radical (unpaired) electrons. The number of nitrogens with one attached hydrogen (secondary N) is 2. The van der Waals surface area contributed by atoms with Crippen LogP contribution in [0.5, 0.6) is 0 Å². The number of anilines is 1. The number of rotatable bonds is 8. The second kappa shape index (κ2) is 9.27. The van der Waals surface area contributed by atoms with Gasteiger partial charge >= 0.3 is 0 Å². The number of hydrogen-bond donors (Lipinski definition) is 2. The van der Waals surface area contributed by atoms with Gasteiger partial charge in [-0.15, -0.1) is 11.3 Å². The van der Waals surface area contributed by atoms with E-state index < -0.39 is 4.92 Å². The van der Waals surface area contributed by atoms with Crippen molar-refractivity contribution in [1.82, 2.24) is 0 Å². The van der Waals surface area contributed by atoms with E-state index in [4.69, 9.17) is 16.3 Å². The largest absolute Gasteiger partial charge is 0.372 e. The third kappa shape index (κ3) is 5.74. The molecule has 9 heteroatoms. The molecule has 1 unspecified atom stereocenters. The monoisotopic (exact) mass is 410 g/mol. The molecule has 3 rings (SSSR count). The third-order valence-corrected chi connectivity index (χ3v) is 5.50. The van der Waals surface area contributed by atoms with Crippen LogP contribution in [-0.2, 0) is 16.1 Å². The Bertz CT molecular complexity index is 794. The molecule has 7 nitrogen and oxygen atoms in total. The van der Waals surface area contributed by atoms with Gasteiger partial charge in [0.15, 0.2) is 6.54 Å². The normalized spacial score (nSPS) is 17.6. The topological polar surface area (TPSA) is 85.9 Å². The van der Waals surface area contributed by atoms with Crippen molar-refractivity contribution in [2.45, 2.75) is 25.5 Å². The van der Waals surface area contributed by atoms with E-state index in [9.17, 15) is 14.9 Å². The van der Waals surface area contributed by atoms with Gasteiger partial charge in [-0.25, -0.2) is 0 Å². The Kier molecular flexibility index (Phi) is 6.78. The van der Waals surface area contributed by atoms with Gasteiger partial charge in [-0.05, 0) is 36.4 Å². The second-order valence-corrected chi connectivity index (χ2v) is 7.96. The Balaban J connectivity index is 1.68. The Hall–Kier alpha value is -2.00. The van der Waals surface area contributed by atoms with Crippen LogP contribution in [-0.4, -0.2) is 36.6 Å². The summed E-state index contributed by atoms with van der Waals surface area (Å²) in [4.78, 5) is 25.5. The summed E-state index contributed by atoms with van der Waals surface area (Å²) in [5.74, 6) is -0.287. The summed E-state index contributed by atoms with van der Waals surface area (Å²) >= 11 is 7.57. The molecule has 0 saturated carbocycles. The maximum absolute atomic E-state index is 12.6. The van der Waals surface area contributed by atoms with Crippen molar-refractivity contribution >= 4 is 40.2 Å². The summed E-state index contributed by atoms with van der Waals surface area (Å²) in [6.07, 6.45) is 2.18. The van der Waals surface area contributed by atoms with Crippen LogP contribution in [0.2, 0.25) is 5.02 Å². The van der Waals surface area contributed by atoms with E-state index in [2.05, 4.69) is 5.32 Å². The number of benzene rings is 1. The highest BCUT2D eigenvalue weighted by molar-refractivity contribution is 7.09. The molecule has 2 N–H and O–H groups in total. The van der Waals surface area contributed by atoms with Gasteiger partial charge in [0, 0.05) is 17.7 Å². The molecule has 27 heavy (non-hydrogen) atoms. The number of carbonyl (C=O) groups is 1. The van der Waals surface area contributed by atoms with Crippen molar-refractivity contribution in [1.29, 1.82) is 0 Å². The molecule has 1 fully saturated rings. The minimum atomic E-state index is -0.533. The summed E-state index contributed by atoms with van der Waals surface area (Å²) in [7, 11) is 0. The Morgan fingerprint density at radius 2 is 2.30 bits per heavy atom. The van der Waals surface area contributed by atoms with Crippen LogP contribution in [0.3, 0.4) is 0 Å². The van der Waals surface area contributed by atoms with Crippen LogP contribution < -0.4 is 10.2 Å². The number of halogens is 1. The zero-order valence-corrected chi connectivity index (χ0v) is 16.2. The molecule has 1 amide bonds. The number of thiophene rings is 1. The lowest BCUT2D eigenvalue weighted by atomic mass is 10.2. The fourth-order valence-electron chi connectivity index (χ4n) is 3.18. The van der Waals surface area contributed by atoms with Gasteiger partial charge in [-0.3, -0.25) is 14.9 Å². The average molecular weight is 411 g/mol. The van der Waals surface area contributed by atoms with Crippen LogP contribution in [0.15, 0.2) is 35.7 Å². The van der Waals surface area contributed by atoms with E-state index in [0.717, 1.165) is 30.9 Å². The first-order valence-electron chi connectivity index (χ1n) is 8.72. The summed E-state index contributed by atoms with van der Waals surface area (Å²) in [6.45, 7) is 2.39. The minimum Gasteiger partial charge on any atom is -0.372 e. The highest BCUT2D eigenvalue weighted by Crippen LogP contribution is 2.27. The maximum Gasteiger partial charge on any atom is 0.292 e. The van der Waals surface area contributed by atoms with Gasteiger partial charge in [0.1, 0.15) is 24.9 Å². The van der Waals surface area contributed by atoms with Crippen molar-refractivity contribution in [3.05, 3.63) is 55.7 Å². The lowest BCUT2D eigenvalue weighted by molar-refractivity contribution is -0.908. The Labute approximate surface area is 166 Å². The predicted octanol–water partition coefficient (Wildman–Crippen LogP) is 2.51. The third-order valence-electron chi connectivity index (χ3n) is 4.38. The van der Waals surface area contributed by atoms with Gasteiger partial charge in [-0.1, -0.05) is 17.7 Å². The average Bonchev–Trinajstić information content (AvgIpc) is 3.28. The van der Waals surface area contributed by atoms with E-state index >= 15 is 0 Å². The number of nitro benzene ring substituents is 1. The van der Waals surface area contributed by atoms with Crippen LogP contribution in [0.4, 0.5) is 11.4 Å². The predicted molar refractivity (Wildman–Crippen MR) is 104 cm³/mol. The highest BCUT2D eigenvalue weighted by Gasteiger charge is 2.25. The van der Waals surface area contributed by atoms with Gasteiger partial charge in [0.2, 0.25) is 0 Å². The van der Waals surface area contributed by atoms with E-state index in [0.29, 0.717) is 11.6 Å². The molecular formula is C18H21ClN3O4S+. The molecule has 0 spiro atoms. The molecule has 2 heterocycles.